The predicted molar refractivity (Wildman–Crippen MR) is 66.2 cm³/mol. The van der Waals surface area contributed by atoms with Gasteiger partial charge in [-0.1, -0.05) is 11.6 Å². The van der Waals surface area contributed by atoms with E-state index in [4.69, 9.17) is 16.7 Å². The molecule has 96 valence electrons. The van der Waals surface area contributed by atoms with Crippen molar-refractivity contribution in [1.29, 1.82) is 0 Å². The van der Waals surface area contributed by atoms with Gasteiger partial charge in [0.1, 0.15) is 22.2 Å². The van der Waals surface area contributed by atoms with Gasteiger partial charge in [-0.2, -0.15) is 0 Å². The average molecular weight is 279 g/mol. The minimum absolute atomic E-state index is 0.0329. The molecule has 0 fully saturated rings. The third-order valence-corrected chi connectivity index (χ3v) is 2.29. The lowest BCUT2D eigenvalue weighted by atomic mass is 10.2. The summed E-state index contributed by atoms with van der Waals surface area (Å²) in [6.07, 6.45) is 3.86. The van der Waals surface area contributed by atoms with E-state index in [1.54, 1.807) is 0 Å². The van der Waals surface area contributed by atoms with Gasteiger partial charge in [-0.3, -0.25) is 9.78 Å². The average Bonchev–Trinajstić information content (AvgIpc) is 2.39. The van der Waals surface area contributed by atoms with Gasteiger partial charge in [0, 0.05) is 6.20 Å². The normalized spacial score (nSPS) is 9.95. The van der Waals surface area contributed by atoms with Crippen LogP contribution in [0.15, 0.2) is 30.7 Å². The first-order chi connectivity index (χ1) is 9.08. The van der Waals surface area contributed by atoms with Crippen LogP contribution in [0.2, 0.25) is 5.15 Å². The molecule has 0 radical (unpaired) electrons. The molecule has 0 aliphatic carbocycles. The number of pyridine rings is 1. The minimum atomic E-state index is -1.19. The Labute approximate surface area is 112 Å². The predicted octanol–water partition coefficient (Wildman–Crippen LogP) is 1.48. The molecule has 2 aromatic heterocycles. The lowest BCUT2D eigenvalue weighted by molar-refractivity contribution is 0.0697. The van der Waals surface area contributed by atoms with E-state index in [1.807, 2.05) is 0 Å². The van der Waals surface area contributed by atoms with Crippen LogP contribution in [0.4, 0.5) is 5.82 Å². The SMILES string of the molecule is O=C(Nc1ncccc1C(=O)O)c1cncc(Cl)n1. The maximum absolute atomic E-state index is 11.8. The third kappa shape index (κ3) is 3.02. The number of carboxylic acids is 1. The zero-order chi connectivity index (χ0) is 13.8. The molecule has 0 unspecified atom stereocenters. The van der Waals surface area contributed by atoms with Gasteiger partial charge < -0.3 is 10.4 Å². The third-order valence-electron chi connectivity index (χ3n) is 2.11. The first-order valence-corrected chi connectivity index (χ1v) is 5.43. The molecule has 2 N–H and O–H groups in total. The summed E-state index contributed by atoms with van der Waals surface area (Å²) in [5.41, 5.74) is -0.152. The molecule has 8 heteroatoms. The molecule has 0 aromatic carbocycles. The number of amides is 1. The largest absolute Gasteiger partial charge is 0.478 e. The molecule has 2 rings (SSSR count). The smallest absolute Gasteiger partial charge is 0.339 e. The number of aromatic nitrogens is 3. The van der Waals surface area contributed by atoms with Crippen molar-refractivity contribution in [3.05, 3.63) is 47.1 Å². The molecule has 0 bridgehead atoms. The molecule has 0 saturated heterocycles. The zero-order valence-corrected chi connectivity index (χ0v) is 10.1. The van der Waals surface area contributed by atoms with E-state index >= 15 is 0 Å². The summed E-state index contributed by atoms with van der Waals surface area (Å²) in [6, 6.07) is 2.78. The Balaban J connectivity index is 2.27. The Kier molecular flexibility index (Phi) is 3.67. The fraction of sp³-hybridized carbons (Fsp3) is 0. The van der Waals surface area contributed by atoms with E-state index in [0.29, 0.717) is 0 Å². The highest BCUT2D eigenvalue weighted by atomic mass is 35.5. The molecule has 0 aliphatic heterocycles. The van der Waals surface area contributed by atoms with Crippen LogP contribution in [-0.2, 0) is 0 Å². The van der Waals surface area contributed by atoms with E-state index in [2.05, 4.69) is 20.3 Å². The fourth-order valence-corrected chi connectivity index (χ4v) is 1.45. The second-order valence-corrected chi connectivity index (χ2v) is 3.77. The molecule has 0 aliphatic rings. The highest BCUT2D eigenvalue weighted by Crippen LogP contribution is 2.12. The van der Waals surface area contributed by atoms with Crippen molar-refractivity contribution in [2.24, 2.45) is 0 Å². The van der Waals surface area contributed by atoms with Crippen LogP contribution in [0, 0.1) is 0 Å². The first kappa shape index (κ1) is 12.9. The number of carboxylic acid groups (broad SMARTS) is 1. The Morgan fingerprint density at radius 1 is 1.32 bits per heavy atom. The van der Waals surface area contributed by atoms with Crippen molar-refractivity contribution in [2.45, 2.75) is 0 Å². The molecule has 7 nitrogen and oxygen atoms in total. The lowest BCUT2D eigenvalue weighted by Gasteiger charge is -2.06. The van der Waals surface area contributed by atoms with Crippen LogP contribution in [0.3, 0.4) is 0 Å². The number of hydrogen-bond acceptors (Lipinski definition) is 5. The van der Waals surface area contributed by atoms with Crippen LogP contribution in [0.1, 0.15) is 20.8 Å². The van der Waals surface area contributed by atoms with Crippen LogP contribution in [0.25, 0.3) is 0 Å². The fourth-order valence-electron chi connectivity index (χ4n) is 1.30. The maximum atomic E-state index is 11.8. The van der Waals surface area contributed by atoms with Crippen molar-refractivity contribution in [3.63, 3.8) is 0 Å². The van der Waals surface area contributed by atoms with Crippen molar-refractivity contribution in [2.75, 3.05) is 5.32 Å². The number of nitrogens with one attached hydrogen (secondary N) is 1. The molecule has 2 aromatic rings. The van der Waals surface area contributed by atoms with Crippen LogP contribution >= 0.6 is 11.6 Å². The molecule has 19 heavy (non-hydrogen) atoms. The molecule has 2 heterocycles. The number of halogens is 1. The number of carbonyl (C=O) groups is 2. The summed E-state index contributed by atoms with van der Waals surface area (Å²) >= 11 is 5.61. The van der Waals surface area contributed by atoms with Crippen molar-refractivity contribution < 1.29 is 14.7 Å². The van der Waals surface area contributed by atoms with Gasteiger partial charge in [-0.15, -0.1) is 0 Å². The zero-order valence-electron chi connectivity index (χ0n) is 9.37. The van der Waals surface area contributed by atoms with E-state index in [0.717, 1.165) is 0 Å². The van der Waals surface area contributed by atoms with Crippen molar-refractivity contribution >= 4 is 29.3 Å². The number of aromatic carboxylic acids is 1. The lowest BCUT2D eigenvalue weighted by Crippen LogP contribution is -2.17. The summed E-state index contributed by atoms with van der Waals surface area (Å²) in [5.74, 6) is -1.90. The van der Waals surface area contributed by atoms with E-state index in [9.17, 15) is 9.59 Å². The Hall–Kier alpha value is -2.54. The number of hydrogen-bond donors (Lipinski definition) is 2. The van der Waals surface area contributed by atoms with Crippen LogP contribution in [0.5, 0.6) is 0 Å². The van der Waals surface area contributed by atoms with E-state index < -0.39 is 11.9 Å². The number of rotatable bonds is 3. The van der Waals surface area contributed by atoms with Gasteiger partial charge >= 0.3 is 5.97 Å². The number of anilines is 1. The Morgan fingerprint density at radius 2 is 2.11 bits per heavy atom. The van der Waals surface area contributed by atoms with Gasteiger partial charge in [0.05, 0.1) is 12.4 Å². The van der Waals surface area contributed by atoms with Gasteiger partial charge in [-0.05, 0) is 12.1 Å². The highest BCUT2D eigenvalue weighted by Gasteiger charge is 2.15. The van der Waals surface area contributed by atoms with E-state index in [-0.39, 0.29) is 22.2 Å². The summed E-state index contributed by atoms with van der Waals surface area (Å²) < 4.78 is 0. The summed E-state index contributed by atoms with van der Waals surface area (Å²) in [4.78, 5) is 34.1. The molecule has 1 amide bonds. The highest BCUT2D eigenvalue weighted by molar-refractivity contribution is 6.29. The first-order valence-electron chi connectivity index (χ1n) is 5.05. The molecular weight excluding hydrogens is 272 g/mol. The molecule has 0 saturated carbocycles. The second-order valence-electron chi connectivity index (χ2n) is 3.39. The quantitative estimate of drug-likeness (QED) is 0.881. The topological polar surface area (TPSA) is 105 Å². The maximum Gasteiger partial charge on any atom is 0.339 e. The number of nitrogens with zero attached hydrogens (tertiary/aromatic N) is 3. The monoisotopic (exact) mass is 278 g/mol. The molecule has 0 spiro atoms. The summed E-state index contributed by atoms with van der Waals surface area (Å²) in [5, 5.41) is 11.4. The minimum Gasteiger partial charge on any atom is -0.478 e. The van der Waals surface area contributed by atoms with Crippen molar-refractivity contribution in [1.82, 2.24) is 15.0 Å². The van der Waals surface area contributed by atoms with E-state index in [1.165, 1.54) is 30.7 Å². The summed E-state index contributed by atoms with van der Waals surface area (Å²) in [7, 11) is 0. The standard InChI is InChI=1S/C11H7ClN4O3/c12-8-5-13-4-7(15-8)10(17)16-9-6(11(18)19)2-1-3-14-9/h1-5H,(H,18,19)(H,14,16,17). The van der Waals surface area contributed by atoms with Gasteiger partial charge in [0.25, 0.3) is 5.91 Å². The van der Waals surface area contributed by atoms with Gasteiger partial charge in [0.15, 0.2) is 0 Å². The molecular formula is C11H7ClN4O3. The summed E-state index contributed by atoms with van der Waals surface area (Å²) in [6.45, 7) is 0. The van der Waals surface area contributed by atoms with Gasteiger partial charge in [0.2, 0.25) is 0 Å². The Morgan fingerprint density at radius 3 is 2.79 bits per heavy atom. The van der Waals surface area contributed by atoms with Crippen LogP contribution < -0.4 is 5.32 Å². The van der Waals surface area contributed by atoms with Gasteiger partial charge in [-0.25, -0.2) is 14.8 Å². The number of carbonyl (C=O) groups excluding carboxylic acids is 1. The Bertz CT molecular complexity index is 647. The van der Waals surface area contributed by atoms with Crippen molar-refractivity contribution in [3.8, 4) is 0 Å². The van der Waals surface area contributed by atoms with Crippen LogP contribution in [-0.4, -0.2) is 31.9 Å². The molecule has 0 atom stereocenters. The second kappa shape index (κ2) is 5.40.